The number of hydrogen-bond acceptors (Lipinski definition) is 3. The predicted molar refractivity (Wildman–Crippen MR) is 91.2 cm³/mol. The van der Waals surface area contributed by atoms with Crippen LogP contribution in [-0.4, -0.2) is 23.5 Å². The molecule has 0 saturated heterocycles. The van der Waals surface area contributed by atoms with E-state index < -0.39 is 23.3 Å². The Morgan fingerprint density at radius 1 is 1.25 bits per heavy atom. The number of hydrogen-bond donors (Lipinski definition) is 2. The number of carbonyl (C=O) groups excluding carboxylic acids is 2. The fourth-order valence-electron chi connectivity index (χ4n) is 3.70. The largest absolute Gasteiger partial charge is 0.374 e. The monoisotopic (exact) mass is 342 g/mol. The highest BCUT2D eigenvalue weighted by atomic mass is 35.5. The van der Waals surface area contributed by atoms with Crippen LogP contribution in [0.1, 0.15) is 24.0 Å². The van der Waals surface area contributed by atoms with Crippen molar-refractivity contribution >= 4 is 34.8 Å². The third-order valence-electron chi connectivity index (χ3n) is 4.76. The average molecular weight is 343 g/mol. The van der Waals surface area contributed by atoms with Crippen molar-refractivity contribution in [3.8, 4) is 0 Å². The molecule has 0 saturated carbocycles. The number of likely N-dealkylation sites (N-methyl/N-ethyl adjacent to an activating group) is 1. The first-order chi connectivity index (χ1) is 11.5. The fraction of sp³-hybridized carbons (Fsp3) is 0.222. The van der Waals surface area contributed by atoms with Crippen LogP contribution in [0.2, 0.25) is 5.02 Å². The Labute approximate surface area is 143 Å². The molecule has 2 aliphatic rings. The fourth-order valence-corrected chi connectivity index (χ4v) is 3.87. The molecule has 5 nitrogen and oxygen atoms in total. The predicted octanol–water partition coefficient (Wildman–Crippen LogP) is 2.63. The number of fused-ring (bicyclic) bond motifs is 2. The topological polar surface area (TPSA) is 69.6 Å². The third kappa shape index (κ3) is 1.79. The number of carbonyl (C=O) groups is 2. The lowest BCUT2D eigenvalue weighted by atomic mass is 9.78. The summed E-state index contributed by atoms with van der Waals surface area (Å²) in [5, 5.41) is 14.6. The van der Waals surface area contributed by atoms with Gasteiger partial charge in [0.2, 0.25) is 5.91 Å². The summed E-state index contributed by atoms with van der Waals surface area (Å²) in [4.78, 5) is 27.1. The summed E-state index contributed by atoms with van der Waals surface area (Å²) in [6.45, 7) is 2.22. The lowest BCUT2D eigenvalue weighted by molar-refractivity contribution is -0.143. The van der Waals surface area contributed by atoms with Gasteiger partial charge in [-0.3, -0.25) is 9.59 Å². The van der Waals surface area contributed by atoms with E-state index in [0.29, 0.717) is 34.1 Å². The molecule has 2 atom stereocenters. The second-order valence-corrected chi connectivity index (χ2v) is 6.42. The summed E-state index contributed by atoms with van der Waals surface area (Å²) >= 11 is 6.09. The van der Waals surface area contributed by atoms with E-state index in [1.807, 2.05) is 6.92 Å². The van der Waals surface area contributed by atoms with Gasteiger partial charge in [0.1, 0.15) is 5.92 Å². The molecule has 0 aliphatic carbocycles. The second kappa shape index (κ2) is 5.06. The van der Waals surface area contributed by atoms with Gasteiger partial charge in [0.15, 0.2) is 5.60 Å². The molecule has 2 N–H and O–H groups in total. The van der Waals surface area contributed by atoms with Crippen LogP contribution in [0.15, 0.2) is 42.5 Å². The molecule has 24 heavy (non-hydrogen) atoms. The van der Waals surface area contributed by atoms with Crippen LogP contribution < -0.4 is 10.2 Å². The Balaban J connectivity index is 1.96. The Morgan fingerprint density at radius 3 is 2.75 bits per heavy atom. The van der Waals surface area contributed by atoms with E-state index in [2.05, 4.69) is 5.32 Å². The van der Waals surface area contributed by atoms with Crippen molar-refractivity contribution in [3.05, 3.63) is 58.6 Å². The molecule has 0 aromatic heterocycles. The summed E-state index contributed by atoms with van der Waals surface area (Å²) in [5.74, 6) is -1.90. The smallest absolute Gasteiger partial charge is 0.264 e. The van der Waals surface area contributed by atoms with Gasteiger partial charge in [-0.05, 0) is 36.8 Å². The zero-order chi connectivity index (χ0) is 17.1. The molecule has 122 valence electrons. The van der Waals surface area contributed by atoms with Crippen molar-refractivity contribution in [2.24, 2.45) is 0 Å². The van der Waals surface area contributed by atoms with Gasteiger partial charge in [0, 0.05) is 22.8 Å². The number of rotatable bonds is 2. The van der Waals surface area contributed by atoms with E-state index in [1.54, 1.807) is 42.5 Å². The van der Waals surface area contributed by atoms with Crippen LogP contribution in [0.4, 0.5) is 11.4 Å². The Hall–Kier alpha value is -2.37. The molecule has 4 rings (SSSR count). The van der Waals surface area contributed by atoms with Gasteiger partial charge in [-0.1, -0.05) is 29.8 Å². The van der Waals surface area contributed by atoms with E-state index in [4.69, 9.17) is 11.6 Å². The number of nitrogens with zero attached hydrogens (tertiary/aromatic N) is 1. The molecule has 2 aromatic carbocycles. The molecule has 2 heterocycles. The quantitative estimate of drug-likeness (QED) is 0.881. The van der Waals surface area contributed by atoms with E-state index in [1.165, 1.54) is 4.90 Å². The first-order valence-corrected chi connectivity index (χ1v) is 8.10. The van der Waals surface area contributed by atoms with Crippen molar-refractivity contribution in [1.29, 1.82) is 0 Å². The SMILES string of the molecule is CCN1C(=O)C(O)(C2C(=O)Nc3ccccc32)c2cc(Cl)ccc21. The molecule has 0 radical (unpaired) electrons. The average Bonchev–Trinajstić information content (AvgIpc) is 3.01. The van der Waals surface area contributed by atoms with Crippen LogP contribution >= 0.6 is 11.6 Å². The summed E-state index contributed by atoms with van der Waals surface area (Å²) in [6.07, 6.45) is 0. The van der Waals surface area contributed by atoms with Crippen molar-refractivity contribution in [1.82, 2.24) is 0 Å². The third-order valence-corrected chi connectivity index (χ3v) is 4.99. The zero-order valence-electron chi connectivity index (χ0n) is 12.9. The van der Waals surface area contributed by atoms with Crippen molar-refractivity contribution in [2.75, 3.05) is 16.8 Å². The number of halogens is 1. The lowest BCUT2D eigenvalue weighted by Crippen LogP contribution is -2.46. The van der Waals surface area contributed by atoms with Crippen molar-refractivity contribution in [2.45, 2.75) is 18.4 Å². The lowest BCUT2D eigenvalue weighted by Gasteiger charge is -2.28. The zero-order valence-corrected chi connectivity index (χ0v) is 13.7. The number of nitrogens with one attached hydrogen (secondary N) is 1. The summed E-state index contributed by atoms with van der Waals surface area (Å²) in [5.41, 5.74) is 0.229. The van der Waals surface area contributed by atoms with Gasteiger partial charge < -0.3 is 15.3 Å². The summed E-state index contributed by atoms with van der Waals surface area (Å²) < 4.78 is 0. The second-order valence-electron chi connectivity index (χ2n) is 5.99. The van der Waals surface area contributed by atoms with Gasteiger partial charge in [0.25, 0.3) is 5.91 Å². The maximum atomic E-state index is 13.0. The highest BCUT2D eigenvalue weighted by Gasteiger charge is 2.59. The normalized spacial score (nSPS) is 24.8. The molecule has 0 fully saturated rings. The molecule has 0 spiro atoms. The van der Waals surface area contributed by atoms with E-state index >= 15 is 0 Å². The number of anilines is 2. The summed E-state index contributed by atoms with van der Waals surface area (Å²) in [6, 6.07) is 12.0. The van der Waals surface area contributed by atoms with E-state index in [-0.39, 0.29) is 0 Å². The maximum absolute atomic E-state index is 13.0. The molecule has 2 unspecified atom stereocenters. The molecule has 0 bridgehead atoms. The molecule has 2 aromatic rings. The molecule has 6 heteroatoms. The minimum Gasteiger partial charge on any atom is -0.374 e. The molecule has 2 amide bonds. The highest BCUT2D eigenvalue weighted by Crippen LogP contribution is 2.52. The number of aliphatic hydroxyl groups is 1. The van der Waals surface area contributed by atoms with Gasteiger partial charge in [-0.2, -0.15) is 0 Å². The van der Waals surface area contributed by atoms with E-state index in [0.717, 1.165) is 0 Å². The highest BCUT2D eigenvalue weighted by molar-refractivity contribution is 6.31. The Kier molecular flexibility index (Phi) is 3.20. The molecular weight excluding hydrogens is 328 g/mol. The van der Waals surface area contributed by atoms with E-state index in [9.17, 15) is 14.7 Å². The minimum absolute atomic E-state index is 0.374. The van der Waals surface area contributed by atoms with Crippen LogP contribution in [0.25, 0.3) is 0 Å². The minimum atomic E-state index is -1.97. The molecular formula is C18H15ClN2O3. The number of amides is 2. The van der Waals surface area contributed by atoms with Crippen LogP contribution in [0.3, 0.4) is 0 Å². The maximum Gasteiger partial charge on any atom is 0.264 e. The Bertz CT molecular complexity index is 882. The van der Waals surface area contributed by atoms with Gasteiger partial charge in [-0.25, -0.2) is 0 Å². The van der Waals surface area contributed by atoms with Crippen molar-refractivity contribution < 1.29 is 14.7 Å². The standard InChI is InChI=1S/C18H15ClN2O3/c1-2-21-14-8-7-10(19)9-12(14)18(24,17(21)23)15-11-5-3-4-6-13(11)20-16(15)22/h3-9,15,24H,2H2,1H3,(H,20,22). The summed E-state index contributed by atoms with van der Waals surface area (Å²) in [7, 11) is 0. The number of benzene rings is 2. The molecule has 2 aliphatic heterocycles. The van der Waals surface area contributed by atoms with Crippen molar-refractivity contribution in [3.63, 3.8) is 0 Å². The first kappa shape index (κ1) is 15.2. The first-order valence-electron chi connectivity index (χ1n) is 7.72. The van der Waals surface area contributed by atoms with Crippen LogP contribution in [-0.2, 0) is 15.2 Å². The van der Waals surface area contributed by atoms with Crippen LogP contribution in [0.5, 0.6) is 0 Å². The van der Waals surface area contributed by atoms with Gasteiger partial charge in [0.05, 0.1) is 5.69 Å². The van der Waals surface area contributed by atoms with Gasteiger partial charge >= 0.3 is 0 Å². The van der Waals surface area contributed by atoms with Gasteiger partial charge in [-0.15, -0.1) is 0 Å². The Morgan fingerprint density at radius 2 is 2.00 bits per heavy atom. The number of para-hydroxylation sites is 1. The van der Waals surface area contributed by atoms with Crippen LogP contribution in [0, 0.1) is 0 Å².